The predicted molar refractivity (Wildman–Crippen MR) is 53.2 cm³/mol. The zero-order chi connectivity index (χ0) is 9.07. The summed E-state index contributed by atoms with van der Waals surface area (Å²) < 4.78 is 4.97. The summed E-state index contributed by atoms with van der Waals surface area (Å²) in [5.74, 6) is 0. The largest absolute Gasteiger partial charge is 0.385 e. The van der Waals surface area contributed by atoms with Crippen molar-refractivity contribution in [1.29, 1.82) is 0 Å². The normalized spacial score (nSPS) is 10.5. The molecule has 0 aromatic heterocycles. The molecule has 0 rings (SSSR count). The minimum atomic E-state index is 0.851. The molecule has 0 fully saturated rings. The Kier molecular flexibility index (Phi) is 10.8. The lowest BCUT2D eigenvalue weighted by Crippen LogP contribution is -1.97. The highest BCUT2D eigenvalue weighted by molar-refractivity contribution is 4.46. The van der Waals surface area contributed by atoms with E-state index in [0.717, 1.165) is 13.2 Å². The van der Waals surface area contributed by atoms with Gasteiger partial charge in [0.2, 0.25) is 0 Å². The van der Waals surface area contributed by atoms with Gasteiger partial charge in [-0.15, -0.1) is 0 Å². The Balaban J connectivity index is 2.73. The van der Waals surface area contributed by atoms with Crippen LogP contribution in [0.2, 0.25) is 0 Å². The summed E-state index contributed by atoms with van der Waals surface area (Å²) >= 11 is 0. The van der Waals surface area contributed by atoms with Crippen molar-refractivity contribution >= 4 is 0 Å². The van der Waals surface area contributed by atoms with Crippen molar-refractivity contribution in [3.05, 3.63) is 0 Å². The van der Waals surface area contributed by atoms with E-state index in [2.05, 4.69) is 0 Å². The Labute approximate surface area is 76.5 Å². The van der Waals surface area contributed by atoms with Crippen LogP contribution in [0.4, 0.5) is 0 Å². The van der Waals surface area contributed by atoms with Crippen molar-refractivity contribution in [1.82, 2.24) is 0 Å². The Morgan fingerprint density at radius 2 is 1.33 bits per heavy atom. The van der Waals surface area contributed by atoms with Crippen molar-refractivity contribution in [2.24, 2.45) is 5.73 Å². The van der Waals surface area contributed by atoms with Crippen LogP contribution in [0.1, 0.15) is 44.9 Å². The molecule has 2 nitrogen and oxygen atoms in total. The number of unbranched alkanes of at least 4 members (excludes halogenated alkanes) is 6. The average molecular weight is 173 g/mol. The van der Waals surface area contributed by atoms with Crippen LogP contribution in [-0.4, -0.2) is 20.3 Å². The van der Waals surface area contributed by atoms with Crippen molar-refractivity contribution in [2.75, 3.05) is 20.3 Å². The highest BCUT2D eigenvalue weighted by Gasteiger charge is 1.90. The molecule has 0 aromatic carbocycles. The summed E-state index contributed by atoms with van der Waals surface area (Å²) in [5, 5.41) is 0. The van der Waals surface area contributed by atoms with Crippen molar-refractivity contribution in [2.45, 2.75) is 44.9 Å². The fraction of sp³-hybridized carbons (Fsp3) is 1.00. The van der Waals surface area contributed by atoms with E-state index >= 15 is 0 Å². The molecule has 0 unspecified atom stereocenters. The van der Waals surface area contributed by atoms with E-state index < -0.39 is 0 Å². The van der Waals surface area contributed by atoms with E-state index in [4.69, 9.17) is 10.5 Å². The quantitative estimate of drug-likeness (QED) is 0.543. The second-order valence-corrected chi connectivity index (χ2v) is 3.26. The first-order valence-corrected chi connectivity index (χ1v) is 5.11. The lowest BCUT2D eigenvalue weighted by molar-refractivity contribution is 0.192. The molecule has 0 heterocycles. The third-order valence-corrected chi connectivity index (χ3v) is 2.05. The number of rotatable bonds is 9. The smallest absolute Gasteiger partial charge is 0.0462 e. The highest BCUT2D eigenvalue weighted by atomic mass is 16.5. The third-order valence-electron chi connectivity index (χ3n) is 2.05. The maximum Gasteiger partial charge on any atom is 0.0462 e. The predicted octanol–water partition coefficient (Wildman–Crippen LogP) is 2.32. The maximum atomic E-state index is 5.39. The van der Waals surface area contributed by atoms with Gasteiger partial charge in [-0.3, -0.25) is 0 Å². The molecule has 0 bridgehead atoms. The van der Waals surface area contributed by atoms with Crippen LogP contribution in [0.15, 0.2) is 0 Å². The molecule has 0 aliphatic carbocycles. The Hall–Kier alpha value is -0.0800. The molecule has 2 heteroatoms. The third kappa shape index (κ3) is 9.92. The van der Waals surface area contributed by atoms with Crippen LogP contribution in [-0.2, 0) is 4.74 Å². The first-order chi connectivity index (χ1) is 5.91. The molecule has 0 saturated heterocycles. The van der Waals surface area contributed by atoms with Crippen LogP contribution in [0.25, 0.3) is 0 Å². The minimum absolute atomic E-state index is 0.851. The fourth-order valence-corrected chi connectivity index (χ4v) is 1.27. The molecular formula is C10H23NO. The first kappa shape index (κ1) is 11.9. The molecule has 12 heavy (non-hydrogen) atoms. The summed E-state index contributed by atoms with van der Waals surface area (Å²) in [5.41, 5.74) is 5.39. The summed E-state index contributed by atoms with van der Waals surface area (Å²) in [7, 11) is 1.77. The van der Waals surface area contributed by atoms with Gasteiger partial charge >= 0.3 is 0 Å². The molecule has 0 atom stereocenters. The van der Waals surface area contributed by atoms with Gasteiger partial charge in [0, 0.05) is 13.7 Å². The number of hydrogen-bond donors (Lipinski definition) is 1. The van der Waals surface area contributed by atoms with Crippen molar-refractivity contribution in [3.8, 4) is 0 Å². The molecular weight excluding hydrogens is 150 g/mol. The van der Waals surface area contributed by atoms with Crippen molar-refractivity contribution in [3.63, 3.8) is 0 Å². The number of hydrogen-bond acceptors (Lipinski definition) is 2. The molecule has 2 N–H and O–H groups in total. The molecule has 0 amide bonds. The molecule has 0 saturated carbocycles. The molecule has 74 valence electrons. The van der Waals surface area contributed by atoms with Gasteiger partial charge in [0.15, 0.2) is 0 Å². The molecule has 0 aliphatic rings. The monoisotopic (exact) mass is 173 g/mol. The number of nitrogens with two attached hydrogens (primary N) is 1. The SMILES string of the molecule is COCCCCCCCCCN. The van der Waals surface area contributed by atoms with E-state index in [1.165, 1.54) is 44.9 Å². The molecule has 0 radical (unpaired) electrons. The van der Waals surface area contributed by atoms with E-state index in [0.29, 0.717) is 0 Å². The van der Waals surface area contributed by atoms with E-state index in [1.807, 2.05) is 0 Å². The van der Waals surface area contributed by atoms with E-state index in [9.17, 15) is 0 Å². The fourth-order valence-electron chi connectivity index (χ4n) is 1.27. The van der Waals surface area contributed by atoms with Crippen LogP contribution in [0.5, 0.6) is 0 Å². The van der Waals surface area contributed by atoms with Gasteiger partial charge in [-0.05, 0) is 19.4 Å². The second kappa shape index (κ2) is 10.9. The van der Waals surface area contributed by atoms with Gasteiger partial charge in [-0.1, -0.05) is 32.1 Å². The zero-order valence-electron chi connectivity index (χ0n) is 8.35. The Bertz CT molecular complexity index is 66.2. The second-order valence-electron chi connectivity index (χ2n) is 3.26. The van der Waals surface area contributed by atoms with Crippen LogP contribution in [0.3, 0.4) is 0 Å². The van der Waals surface area contributed by atoms with Gasteiger partial charge in [-0.25, -0.2) is 0 Å². The van der Waals surface area contributed by atoms with Gasteiger partial charge < -0.3 is 10.5 Å². The standard InChI is InChI=1S/C10H23NO/c1-12-10-8-6-4-2-3-5-7-9-11/h2-11H2,1H3. The molecule has 0 aromatic rings. The Morgan fingerprint density at radius 3 is 1.83 bits per heavy atom. The molecule has 0 spiro atoms. The summed E-state index contributed by atoms with van der Waals surface area (Å²) in [6.07, 6.45) is 9.10. The van der Waals surface area contributed by atoms with Gasteiger partial charge in [0.25, 0.3) is 0 Å². The topological polar surface area (TPSA) is 35.2 Å². The van der Waals surface area contributed by atoms with Crippen LogP contribution >= 0.6 is 0 Å². The van der Waals surface area contributed by atoms with Crippen LogP contribution < -0.4 is 5.73 Å². The lowest BCUT2D eigenvalue weighted by Gasteiger charge is -2.00. The minimum Gasteiger partial charge on any atom is -0.385 e. The van der Waals surface area contributed by atoms with Crippen molar-refractivity contribution < 1.29 is 4.74 Å². The zero-order valence-corrected chi connectivity index (χ0v) is 8.35. The number of methoxy groups -OCH3 is 1. The molecule has 0 aliphatic heterocycles. The summed E-state index contributed by atoms with van der Waals surface area (Å²) in [6.45, 7) is 1.77. The lowest BCUT2D eigenvalue weighted by atomic mass is 10.1. The summed E-state index contributed by atoms with van der Waals surface area (Å²) in [4.78, 5) is 0. The highest BCUT2D eigenvalue weighted by Crippen LogP contribution is 2.06. The van der Waals surface area contributed by atoms with Gasteiger partial charge in [0.1, 0.15) is 0 Å². The van der Waals surface area contributed by atoms with Crippen LogP contribution in [0, 0.1) is 0 Å². The van der Waals surface area contributed by atoms with Gasteiger partial charge in [0.05, 0.1) is 0 Å². The Morgan fingerprint density at radius 1 is 0.833 bits per heavy atom. The first-order valence-electron chi connectivity index (χ1n) is 5.11. The number of ether oxygens (including phenoxy) is 1. The maximum absolute atomic E-state index is 5.39. The van der Waals surface area contributed by atoms with E-state index in [-0.39, 0.29) is 0 Å². The van der Waals surface area contributed by atoms with Gasteiger partial charge in [-0.2, -0.15) is 0 Å². The van der Waals surface area contributed by atoms with E-state index in [1.54, 1.807) is 7.11 Å². The average Bonchev–Trinajstić information content (AvgIpc) is 2.10. The summed E-state index contributed by atoms with van der Waals surface area (Å²) in [6, 6.07) is 0.